The zero-order valence-corrected chi connectivity index (χ0v) is 8.67. The zero-order valence-electron chi connectivity index (χ0n) is 8.67. The van der Waals surface area contributed by atoms with E-state index in [4.69, 9.17) is 11.7 Å². The molecule has 0 aromatic carbocycles. The predicted octanol–water partition coefficient (Wildman–Crippen LogP) is 3.11. The van der Waals surface area contributed by atoms with Crippen molar-refractivity contribution >= 4 is 5.97 Å². The molecule has 80 valence electrons. The van der Waals surface area contributed by atoms with Crippen molar-refractivity contribution in [2.75, 3.05) is 6.54 Å². The molecule has 0 bridgehead atoms. The summed E-state index contributed by atoms with van der Waals surface area (Å²) < 4.78 is 0. The van der Waals surface area contributed by atoms with Gasteiger partial charge in [-0.1, -0.05) is 25.7 Å². The maximum absolute atomic E-state index is 10.2. The average molecular weight is 197 g/mol. The van der Waals surface area contributed by atoms with E-state index < -0.39 is 5.97 Å². The number of hydrogen-bond donors (Lipinski definition) is 1. The van der Waals surface area contributed by atoms with Crippen LogP contribution < -0.4 is 0 Å². The van der Waals surface area contributed by atoms with Crippen molar-refractivity contribution in [3.8, 4) is 0 Å². The van der Waals surface area contributed by atoms with Gasteiger partial charge in [-0.2, -0.15) is 0 Å². The Labute approximate surface area is 85.9 Å². The number of aliphatic carboxylic acids is 1. The largest absolute Gasteiger partial charge is 0.481 e. The Morgan fingerprint density at radius 1 is 1.00 bits per heavy atom. The molecule has 0 aliphatic rings. The van der Waals surface area contributed by atoms with Gasteiger partial charge in [0, 0.05) is 12.8 Å². The first-order chi connectivity index (χ1) is 6.77. The fraction of sp³-hybridized carbons (Fsp3) is 0.818. The lowest BCUT2D eigenvalue weighted by Crippen LogP contribution is -1.93. The highest BCUT2D eigenvalue weighted by Gasteiger charge is 1.96. The third-order valence-corrected chi connectivity index (χ3v) is 2.16. The van der Waals surface area contributed by atoms with Crippen LogP contribution in [0.5, 0.6) is 0 Å². The van der Waals surface area contributed by atoms with Gasteiger partial charge >= 0.3 is 5.97 Å². The Bertz CT molecular complexity index is 184. The first-order valence-corrected chi connectivity index (χ1v) is 5.32. The molecule has 3 nitrogen and oxygen atoms in total. The first-order valence-electron chi connectivity index (χ1n) is 5.32. The Kier molecular flexibility index (Phi) is 9.30. The molecule has 14 heavy (non-hydrogen) atoms. The van der Waals surface area contributed by atoms with Crippen LogP contribution in [0.15, 0.2) is 0 Å². The third kappa shape index (κ3) is 11.0. The molecular weight excluding hydrogens is 178 g/mol. The molecule has 0 heterocycles. The Hall–Kier alpha value is -1.04. The molecular formula is C11H19NO2. The molecule has 0 aliphatic heterocycles. The van der Waals surface area contributed by atoms with Crippen LogP contribution in [0.2, 0.25) is 0 Å². The van der Waals surface area contributed by atoms with Gasteiger partial charge in [0.15, 0.2) is 0 Å². The van der Waals surface area contributed by atoms with E-state index in [0.29, 0.717) is 13.0 Å². The van der Waals surface area contributed by atoms with E-state index >= 15 is 0 Å². The second-order valence-corrected chi connectivity index (χ2v) is 3.50. The molecule has 3 heteroatoms. The maximum atomic E-state index is 10.2. The van der Waals surface area contributed by atoms with E-state index in [-0.39, 0.29) is 0 Å². The number of carbonyl (C=O) groups is 1. The Morgan fingerprint density at radius 3 is 2.00 bits per heavy atom. The summed E-state index contributed by atoms with van der Waals surface area (Å²) >= 11 is 0. The van der Waals surface area contributed by atoms with Gasteiger partial charge in [0.25, 0.3) is 0 Å². The van der Waals surface area contributed by atoms with Crippen molar-refractivity contribution in [2.24, 2.45) is 0 Å². The molecule has 0 saturated heterocycles. The highest BCUT2D eigenvalue weighted by molar-refractivity contribution is 5.66. The number of carboxylic acid groups (broad SMARTS) is 1. The smallest absolute Gasteiger partial charge is 0.303 e. The molecule has 0 radical (unpaired) electrons. The van der Waals surface area contributed by atoms with Crippen LogP contribution >= 0.6 is 0 Å². The highest BCUT2D eigenvalue weighted by Crippen LogP contribution is 2.08. The molecule has 0 fully saturated rings. The van der Waals surface area contributed by atoms with Gasteiger partial charge < -0.3 is 9.95 Å². The van der Waals surface area contributed by atoms with E-state index in [2.05, 4.69) is 4.85 Å². The Morgan fingerprint density at radius 2 is 1.50 bits per heavy atom. The summed E-state index contributed by atoms with van der Waals surface area (Å²) in [5.41, 5.74) is 0. The Balaban J connectivity index is 2.93. The van der Waals surface area contributed by atoms with Crippen LogP contribution in [0.1, 0.15) is 51.4 Å². The molecule has 0 saturated carbocycles. The summed E-state index contributed by atoms with van der Waals surface area (Å²) in [4.78, 5) is 13.5. The van der Waals surface area contributed by atoms with Crippen LogP contribution in [-0.4, -0.2) is 17.6 Å². The summed E-state index contributed by atoms with van der Waals surface area (Å²) in [6.45, 7) is 7.24. The minimum Gasteiger partial charge on any atom is -0.481 e. The second kappa shape index (κ2) is 10.0. The van der Waals surface area contributed by atoms with Crippen LogP contribution in [0.4, 0.5) is 0 Å². The zero-order chi connectivity index (χ0) is 10.6. The molecule has 1 N–H and O–H groups in total. The lowest BCUT2D eigenvalue weighted by atomic mass is 10.1. The second-order valence-electron chi connectivity index (χ2n) is 3.50. The predicted molar refractivity (Wildman–Crippen MR) is 56.0 cm³/mol. The summed E-state index contributed by atoms with van der Waals surface area (Å²) in [5.74, 6) is -0.693. The van der Waals surface area contributed by atoms with Crippen LogP contribution in [0, 0.1) is 6.57 Å². The molecule has 0 aromatic rings. The standard InChI is InChI=1S/C11H19NO2/c1-12-10-8-6-4-2-3-5-7-9-11(13)14/h2-10H2,(H,13,14). The molecule has 0 aliphatic carbocycles. The van der Waals surface area contributed by atoms with Crippen molar-refractivity contribution in [1.29, 1.82) is 0 Å². The fourth-order valence-corrected chi connectivity index (χ4v) is 1.35. The van der Waals surface area contributed by atoms with Crippen LogP contribution in [-0.2, 0) is 4.79 Å². The average Bonchev–Trinajstić information content (AvgIpc) is 2.15. The van der Waals surface area contributed by atoms with E-state index in [1.165, 1.54) is 12.8 Å². The summed E-state index contributed by atoms with van der Waals surface area (Å²) in [5, 5.41) is 8.39. The highest BCUT2D eigenvalue weighted by atomic mass is 16.4. The SMILES string of the molecule is [C-]#[N+]CCCCCCCCCC(=O)O. The molecule has 0 amide bonds. The van der Waals surface area contributed by atoms with Crippen molar-refractivity contribution in [3.05, 3.63) is 11.4 Å². The lowest BCUT2D eigenvalue weighted by Gasteiger charge is -1.98. The topological polar surface area (TPSA) is 41.7 Å². The lowest BCUT2D eigenvalue weighted by molar-refractivity contribution is -0.137. The number of carboxylic acids is 1. The summed E-state index contributed by atoms with van der Waals surface area (Å²) in [6.07, 6.45) is 7.77. The van der Waals surface area contributed by atoms with Gasteiger partial charge in [-0.25, -0.2) is 6.57 Å². The number of hydrogen-bond acceptors (Lipinski definition) is 1. The number of nitrogens with zero attached hydrogens (tertiary/aromatic N) is 1. The van der Waals surface area contributed by atoms with Crippen molar-refractivity contribution in [2.45, 2.75) is 51.4 Å². The van der Waals surface area contributed by atoms with Gasteiger partial charge in [-0.3, -0.25) is 4.79 Å². The van der Waals surface area contributed by atoms with Crippen LogP contribution in [0.3, 0.4) is 0 Å². The van der Waals surface area contributed by atoms with E-state index in [0.717, 1.165) is 32.1 Å². The van der Waals surface area contributed by atoms with Gasteiger partial charge in [-0.15, -0.1) is 0 Å². The summed E-state index contributed by atoms with van der Waals surface area (Å²) in [6, 6.07) is 0. The monoisotopic (exact) mass is 197 g/mol. The quantitative estimate of drug-likeness (QED) is 0.456. The number of unbranched alkanes of at least 4 members (excludes halogenated alkanes) is 6. The molecule has 0 rings (SSSR count). The number of rotatable bonds is 9. The van der Waals surface area contributed by atoms with E-state index in [1.54, 1.807) is 0 Å². The van der Waals surface area contributed by atoms with E-state index in [9.17, 15) is 4.79 Å². The van der Waals surface area contributed by atoms with Gasteiger partial charge in [0.2, 0.25) is 6.54 Å². The molecule has 0 spiro atoms. The minimum absolute atomic E-state index is 0.303. The van der Waals surface area contributed by atoms with Crippen molar-refractivity contribution in [1.82, 2.24) is 0 Å². The maximum Gasteiger partial charge on any atom is 0.303 e. The molecule has 0 atom stereocenters. The van der Waals surface area contributed by atoms with Gasteiger partial charge in [0.1, 0.15) is 0 Å². The molecule has 0 aromatic heterocycles. The van der Waals surface area contributed by atoms with Crippen molar-refractivity contribution < 1.29 is 9.90 Å². The summed E-state index contributed by atoms with van der Waals surface area (Å²) in [7, 11) is 0. The normalized spacial score (nSPS) is 9.64. The fourth-order valence-electron chi connectivity index (χ4n) is 1.35. The van der Waals surface area contributed by atoms with Gasteiger partial charge in [-0.05, 0) is 12.8 Å². The first kappa shape index (κ1) is 13.0. The van der Waals surface area contributed by atoms with Gasteiger partial charge in [0.05, 0.1) is 0 Å². The minimum atomic E-state index is -0.693. The third-order valence-electron chi connectivity index (χ3n) is 2.16. The van der Waals surface area contributed by atoms with Crippen molar-refractivity contribution in [3.63, 3.8) is 0 Å². The molecule has 0 unspecified atom stereocenters. The van der Waals surface area contributed by atoms with E-state index in [1.807, 2.05) is 0 Å². The van der Waals surface area contributed by atoms with Crippen LogP contribution in [0.25, 0.3) is 4.85 Å².